The number of aromatic nitrogens is 1. The number of amides is 1. The zero-order chi connectivity index (χ0) is 20.7. The minimum Gasteiger partial charge on any atom is -0.478 e. The molecule has 0 spiro atoms. The molecule has 1 unspecified atom stereocenters. The van der Waals surface area contributed by atoms with Gasteiger partial charge in [-0.15, -0.1) is 6.42 Å². The van der Waals surface area contributed by atoms with Crippen molar-refractivity contribution < 1.29 is 18.7 Å². The third-order valence-electron chi connectivity index (χ3n) is 3.89. The van der Waals surface area contributed by atoms with Crippen molar-refractivity contribution >= 4 is 16.8 Å². The van der Waals surface area contributed by atoms with Crippen LogP contribution in [0.5, 0.6) is 5.75 Å². The lowest BCUT2D eigenvalue weighted by Gasteiger charge is -2.24. The van der Waals surface area contributed by atoms with Crippen LogP contribution in [0.2, 0.25) is 0 Å². The Hall–Kier alpha value is -3.09. The second-order valence-corrected chi connectivity index (χ2v) is 6.71. The van der Waals surface area contributed by atoms with Crippen molar-refractivity contribution in [2.24, 2.45) is 0 Å². The third kappa shape index (κ3) is 5.45. The Morgan fingerprint density at radius 2 is 2.14 bits per heavy atom. The normalized spacial score (nSPS) is 11.9. The third-order valence-corrected chi connectivity index (χ3v) is 3.89. The summed E-state index contributed by atoms with van der Waals surface area (Å²) in [5.41, 5.74) is 0.252. The summed E-state index contributed by atoms with van der Waals surface area (Å²) in [4.78, 5) is 16.7. The van der Waals surface area contributed by atoms with Crippen LogP contribution in [0.25, 0.3) is 10.9 Å². The van der Waals surface area contributed by atoms with Crippen LogP contribution >= 0.6 is 0 Å². The first kappa shape index (κ1) is 21.2. The number of hydrogen-bond acceptors (Lipinski definition) is 4. The van der Waals surface area contributed by atoms with E-state index in [1.54, 1.807) is 33.9 Å². The van der Waals surface area contributed by atoms with Gasteiger partial charge in [0.05, 0.1) is 11.1 Å². The smallest absolute Gasteiger partial charge is 0.262 e. The number of benzene rings is 1. The van der Waals surface area contributed by atoms with Gasteiger partial charge in [-0.2, -0.15) is 0 Å². The lowest BCUT2D eigenvalue weighted by molar-refractivity contribution is -0.129. The number of hydrogen-bond donors (Lipinski definition) is 1. The predicted molar refractivity (Wildman–Crippen MR) is 106 cm³/mol. The van der Waals surface area contributed by atoms with Gasteiger partial charge in [0.25, 0.3) is 5.91 Å². The summed E-state index contributed by atoms with van der Waals surface area (Å²) in [7, 11) is 1.54. The van der Waals surface area contributed by atoms with Crippen molar-refractivity contribution in [2.45, 2.75) is 38.8 Å². The second-order valence-electron chi connectivity index (χ2n) is 6.71. The fraction of sp³-hybridized carbons (Fsp3) is 0.364. The molecular formula is C22H23FN2O3. The van der Waals surface area contributed by atoms with Crippen LogP contribution in [0, 0.1) is 30.0 Å². The van der Waals surface area contributed by atoms with Crippen molar-refractivity contribution in [3.8, 4) is 29.9 Å². The number of carbonyl (C=O) groups is 1. The molecule has 0 saturated carbocycles. The summed E-state index contributed by atoms with van der Waals surface area (Å²) in [6.07, 6.45) is 6.36. The highest BCUT2D eigenvalue weighted by Gasteiger charge is 2.26. The number of ether oxygens (including phenoxy) is 2. The van der Waals surface area contributed by atoms with Gasteiger partial charge in [-0.1, -0.05) is 24.7 Å². The molecule has 2 rings (SSSR count). The quantitative estimate of drug-likeness (QED) is 0.780. The monoisotopic (exact) mass is 382 g/mol. The maximum atomic E-state index is 14.4. The molecule has 0 aliphatic carbocycles. The molecule has 1 heterocycles. The number of nitrogens with zero attached hydrogens (tertiary/aromatic N) is 1. The summed E-state index contributed by atoms with van der Waals surface area (Å²) < 4.78 is 25.0. The first-order chi connectivity index (χ1) is 13.3. The van der Waals surface area contributed by atoms with Crippen molar-refractivity contribution in [3.05, 3.63) is 35.8 Å². The molecule has 0 aliphatic heterocycles. The molecule has 0 saturated heterocycles. The Bertz CT molecular complexity index is 967. The average Bonchev–Trinajstić information content (AvgIpc) is 2.65. The van der Waals surface area contributed by atoms with Crippen LogP contribution < -0.4 is 10.1 Å². The van der Waals surface area contributed by atoms with Crippen LogP contribution in [-0.4, -0.2) is 36.3 Å². The topological polar surface area (TPSA) is 60.5 Å². The maximum absolute atomic E-state index is 14.4. The average molecular weight is 382 g/mol. The first-order valence-electron chi connectivity index (χ1n) is 8.83. The molecule has 1 amide bonds. The van der Waals surface area contributed by atoms with E-state index in [1.807, 2.05) is 0 Å². The molecule has 0 aliphatic rings. The Morgan fingerprint density at radius 1 is 1.39 bits per heavy atom. The molecule has 146 valence electrons. The summed E-state index contributed by atoms with van der Waals surface area (Å²) in [6, 6.07) is 4.47. The van der Waals surface area contributed by atoms with Gasteiger partial charge in [0, 0.05) is 30.3 Å². The highest BCUT2D eigenvalue weighted by molar-refractivity contribution is 5.83. The highest BCUT2D eigenvalue weighted by atomic mass is 19.1. The predicted octanol–water partition coefficient (Wildman–Crippen LogP) is 3.06. The summed E-state index contributed by atoms with van der Waals surface area (Å²) >= 11 is 0. The number of terminal acetylenes is 1. The van der Waals surface area contributed by atoms with E-state index in [4.69, 9.17) is 15.9 Å². The molecule has 1 aromatic carbocycles. The van der Waals surface area contributed by atoms with Crippen molar-refractivity contribution in [3.63, 3.8) is 0 Å². The molecule has 0 fully saturated rings. The van der Waals surface area contributed by atoms with E-state index in [9.17, 15) is 9.18 Å². The largest absolute Gasteiger partial charge is 0.478 e. The zero-order valence-electron chi connectivity index (χ0n) is 16.4. The van der Waals surface area contributed by atoms with Crippen LogP contribution in [-0.2, 0) is 9.53 Å². The van der Waals surface area contributed by atoms with Crippen molar-refractivity contribution in [2.75, 3.05) is 13.7 Å². The van der Waals surface area contributed by atoms with Gasteiger partial charge in [-0.3, -0.25) is 9.78 Å². The highest BCUT2D eigenvalue weighted by Crippen LogP contribution is 2.26. The number of fused-ring (bicyclic) bond motifs is 1. The van der Waals surface area contributed by atoms with Crippen molar-refractivity contribution in [1.29, 1.82) is 0 Å². The van der Waals surface area contributed by atoms with Crippen LogP contribution in [0.3, 0.4) is 0 Å². The molecule has 0 radical (unpaired) electrons. The van der Waals surface area contributed by atoms with Gasteiger partial charge >= 0.3 is 0 Å². The lowest BCUT2D eigenvalue weighted by atomic mass is 10.1. The number of pyridine rings is 1. The molecule has 28 heavy (non-hydrogen) atoms. The molecule has 2 aromatic rings. The molecule has 6 heteroatoms. The maximum Gasteiger partial charge on any atom is 0.262 e. The number of nitrogens with one attached hydrogen (secondary N) is 1. The fourth-order valence-corrected chi connectivity index (χ4v) is 2.52. The minimum absolute atomic E-state index is 0.0336. The van der Waals surface area contributed by atoms with E-state index in [1.165, 1.54) is 18.3 Å². The van der Waals surface area contributed by atoms with Gasteiger partial charge < -0.3 is 14.8 Å². The summed E-state index contributed by atoms with van der Waals surface area (Å²) in [6.45, 7) is 5.58. The second kappa shape index (κ2) is 9.21. The molecule has 5 nitrogen and oxygen atoms in total. The SMILES string of the molecule is C#Cc1cnc2cc(F)c(OC(CC)C(=O)NC(C)(C)C#CCOC)cc2c1. The van der Waals surface area contributed by atoms with E-state index in [-0.39, 0.29) is 18.3 Å². The van der Waals surface area contributed by atoms with Crippen LogP contribution in [0.15, 0.2) is 24.4 Å². The number of rotatable bonds is 6. The van der Waals surface area contributed by atoms with Gasteiger partial charge in [0.15, 0.2) is 17.7 Å². The lowest BCUT2D eigenvalue weighted by Crippen LogP contribution is -2.48. The van der Waals surface area contributed by atoms with Gasteiger partial charge in [-0.05, 0) is 32.4 Å². The number of halogens is 1. The molecule has 1 aromatic heterocycles. The molecule has 1 atom stereocenters. The molecule has 0 bridgehead atoms. The fourth-order valence-electron chi connectivity index (χ4n) is 2.52. The van der Waals surface area contributed by atoms with E-state index in [2.05, 4.69) is 28.1 Å². The van der Waals surface area contributed by atoms with Crippen molar-refractivity contribution in [1.82, 2.24) is 10.3 Å². The summed E-state index contributed by atoms with van der Waals surface area (Å²) in [5.74, 6) is 7.21. The molecule has 1 N–H and O–H groups in total. The first-order valence-corrected chi connectivity index (χ1v) is 8.83. The standard InChI is InChI=1S/C22H23FN2O3/c1-6-15-11-16-12-20(17(23)13-18(16)24-14-15)28-19(7-2)21(26)25-22(3,4)9-8-10-27-5/h1,11-14,19H,7,10H2,2-5H3,(H,25,26). The van der Waals surface area contributed by atoms with E-state index in [0.717, 1.165) is 0 Å². The van der Waals surface area contributed by atoms with Gasteiger partial charge in [0.2, 0.25) is 0 Å². The van der Waals surface area contributed by atoms with Crippen LogP contribution in [0.1, 0.15) is 32.8 Å². The van der Waals surface area contributed by atoms with E-state index < -0.39 is 17.5 Å². The Balaban J connectivity index is 2.22. The van der Waals surface area contributed by atoms with Gasteiger partial charge in [0.1, 0.15) is 6.61 Å². The Morgan fingerprint density at radius 3 is 2.79 bits per heavy atom. The zero-order valence-corrected chi connectivity index (χ0v) is 16.4. The number of carbonyl (C=O) groups excluding carboxylic acids is 1. The Labute approximate surface area is 164 Å². The Kier molecular flexibility index (Phi) is 6.98. The van der Waals surface area contributed by atoms with E-state index >= 15 is 0 Å². The molecular weight excluding hydrogens is 359 g/mol. The van der Waals surface area contributed by atoms with E-state index in [0.29, 0.717) is 22.9 Å². The number of methoxy groups -OCH3 is 1. The van der Waals surface area contributed by atoms with Crippen LogP contribution in [0.4, 0.5) is 4.39 Å². The minimum atomic E-state index is -0.876. The summed E-state index contributed by atoms with van der Waals surface area (Å²) in [5, 5.41) is 3.44. The van der Waals surface area contributed by atoms with Gasteiger partial charge in [-0.25, -0.2) is 4.39 Å².